The van der Waals surface area contributed by atoms with Crippen molar-refractivity contribution < 1.29 is 4.74 Å². The number of fused-ring (bicyclic) bond motifs is 1. The summed E-state index contributed by atoms with van der Waals surface area (Å²) in [6.45, 7) is 3.97. The largest absolute Gasteiger partial charge is 0.490 e. The highest BCUT2D eigenvalue weighted by atomic mass is 35.5. The summed E-state index contributed by atoms with van der Waals surface area (Å²) in [5.41, 5.74) is 3.94. The quantitative estimate of drug-likeness (QED) is 0.578. The lowest BCUT2D eigenvalue weighted by molar-refractivity contribution is 0.243. The fourth-order valence-corrected chi connectivity index (χ4v) is 3.04. The molecule has 6 nitrogen and oxygen atoms in total. The zero-order valence-electron chi connectivity index (χ0n) is 14.7. The van der Waals surface area contributed by atoms with Crippen molar-refractivity contribution in [2.24, 2.45) is 7.05 Å². The van der Waals surface area contributed by atoms with Gasteiger partial charge in [0.05, 0.1) is 17.4 Å². The normalized spacial score (nSPS) is 11.4. The van der Waals surface area contributed by atoms with E-state index in [9.17, 15) is 0 Å². The second-order valence-electron chi connectivity index (χ2n) is 6.28. The van der Waals surface area contributed by atoms with E-state index in [1.54, 1.807) is 10.9 Å². The molecule has 26 heavy (non-hydrogen) atoms. The Morgan fingerprint density at radius 1 is 1.19 bits per heavy atom. The Kier molecular flexibility index (Phi) is 4.12. The maximum Gasteiger partial charge on any atom is 0.177 e. The average Bonchev–Trinajstić information content (AvgIpc) is 3.18. The van der Waals surface area contributed by atoms with E-state index >= 15 is 0 Å². The van der Waals surface area contributed by atoms with Crippen LogP contribution in [-0.4, -0.2) is 30.8 Å². The summed E-state index contributed by atoms with van der Waals surface area (Å²) >= 11 is 6.21. The minimum absolute atomic E-state index is 0.0463. The third-order valence-corrected chi connectivity index (χ3v) is 4.18. The molecule has 7 heteroatoms. The maximum absolute atomic E-state index is 6.21. The van der Waals surface area contributed by atoms with E-state index in [2.05, 4.69) is 15.1 Å². The monoisotopic (exact) mass is 367 g/mol. The van der Waals surface area contributed by atoms with Gasteiger partial charge in [-0.3, -0.25) is 4.98 Å². The number of ether oxygens (including phenoxy) is 1. The highest BCUT2D eigenvalue weighted by Gasteiger charge is 2.19. The third-order valence-electron chi connectivity index (χ3n) is 3.94. The van der Waals surface area contributed by atoms with Crippen LogP contribution in [0.2, 0.25) is 5.02 Å². The molecule has 0 aliphatic heterocycles. The Morgan fingerprint density at radius 3 is 2.77 bits per heavy atom. The minimum Gasteiger partial charge on any atom is -0.490 e. The Hall–Kier alpha value is -2.86. The third kappa shape index (κ3) is 2.93. The summed E-state index contributed by atoms with van der Waals surface area (Å²) < 4.78 is 7.66. The predicted molar refractivity (Wildman–Crippen MR) is 102 cm³/mol. The van der Waals surface area contributed by atoms with Gasteiger partial charge in [0.15, 0.2) is 5.65 Å². The first-order chi connectivity index (χ1) is 12.5. The van der Waals surface area contributed by atoms with Gasteiger partial charge in [-0.25, -0.2) is 9.67 Å². The second kappa shape index (κ2) is 6.46. The molecule has 0 aliphatic carbocycles. The van der Waals surface area contributed by atoms with Gasteiger partial charge in [-0.05, 0) is 44.2 Å². The summed E-state index contributed by atoms with van der Waals surface area (Å²) in [5, 5.41) is 5.17. The molecule has 0 radical (unpaired) electrons. The van der Waals surface area contributed by atoms with Gasteiger partial charge in [0.2, 0.25) is 0 Å². The summed E-state index contributed by atoms with van der Waals surface area (Å²) in [6.07, 6.45) is 1.80. The Bertz CT molecular complexity index is 1070. The van der Waals surface area contributed by atoms with Gasteiger partial charge in [-0.1, -0.05) is 17.7 Å². The van der Waals surface area contributed by atoms with Gasteiger partial charge >= 0.3 is 0 Å². The van der Waals surface area contributed by atoms with E-state index < -0.39 is 0 Å². The predicted octanol–water partition coefficient (Wildman–Crippen LogP) is 4.47. The lowest BCUT2D eigenvalue weighted by Gasteiger charge is -2.13. The van der Waals surface area contributed by atoms with Crippen molar-refractivity contribution in [3.05, 3.63) is 47.6 Å². The number of aromatic nitrogens is 5. The molecule has 3 aromatic heterocycles. The Morgan fingerprint density at radius 2 is 2.04 bits per heavy atom. The number of pyridine rings is 1. The molecule has 1 N–H and O–H groups in total. The van der Waals surface area contributed by atoms with Gasteiger partial charge in [0, 0.05) is 18.3 Å². The molecule has 0 amide bonds. The van der Waals surface area contributed by atoms with Crippen LogP contribution in [0.15, 0.2) is 42.6 Å². The van der Waals surface area contributed by atoms with E-state index in [4.69, 9.17) is 21.3 Å². The van der Waals surface area contributed by atoms with Crippen LogP contribution in [0.4, 0.5) is 0 Å². The highest BCUT2D eigenvalue weighted by Crippen LogP contribution is 2.34. The summed E-state index contributed by atoms with van der Waals surface area (Å²) in [7, 11) is 1.86. The molecule has 0 aliphatic rings. The van der Waals surface area contributed by atoms with Crippen LogP contribution in [0.1, 0.15) is 13.8 Å². The van der Waals surface area contributed by atoms with Crippen molar-refractivity contribution in [3.8, 4) is 28.5 Å². The standard InChI is InChI=1S/C19H18ClN5O/c1-11(2)26-15-8-7-12(20)10-13(15)18-22-17-16(14-6-4-5-9-21-14)24-25(3)19(17)23-18/h4-11H,1-3H3,(H,22,23). The first-order valence-corrected chi connectivity index (χ1v) is 8.71. The number of hydrogen-bond acceptors (Lipinski definition) is 4. The number of rotatable bonds is 4. The van der Waals surface area contributed by atoms with Gasteiger partial charge in [0.1, 0.15) is 22.8 Å². The van der Waals surface area contributed by atoms with Gasteiger partial charge in [-0.15, -0.1) is 0 Å². The van der Waals surface area contributed by atoms with Crippen LogP contribution in [0.25, 0.3) is 33.9 Å². The molecule has 0 saturated heterocycles. The molecule has 3 heterocycles. The molecule has 0 spiro atoms. The number of benzene rings is 1. The second-order valence-corrected chi connectivity index (χ2v) is 6.71. The molecule has 1 aromatic carbocycles. The van der Waals surface area contributed by atoms with E-state index in [1.165, 1.54) is 0 Å². The van der Waals surface area contributed by atoms with Crippen LogP contribution < -0.4 is 4.74 Å². The Labute approximate surface area is 155 Å². The topological polar surface area (TPSA) is 68.6 Å². The summed E-state index contributed by atoms with van der Waals surface area (Å²) in [4.78, 5) is 12.5. The lowest BCUT2D eigenvalue weighted by atomic mass is 10.2. The minimum atomic E-state index is 0.0463. The van der Waals surface area contributed by atoms with Crippen molar-refractivity contribution in [1.29, 1.82) is 0 Å². The number of imidazole rings is 1. The SMILES string of the molecule is CC(C)Oc1ccc(Cl)cc1-c1nc2c([nH]1)c(-c1ccccn1)nn2C. The number of hydrogen-bond donors (Lipinski definition) is 1. The van der Waals surface area contributed by atoms with Crippen LogP contribution in [0.3, 0.4) is 0 Å². The molecule has 0 fully saturated rings. The number of nitrogens with one attached hydrogen (secondary N) is 1. The molecule has 4 rings (SSSR count). The maximum atomic E-state index is 6.21. The van der Waals surface area contributed by atoms with Gasteiger partial charge in [-0.2, -0.15) is 5.10 Å². The van der Waals surface area contributed by atoms with Crippen LogP contribution in [0, 0.1) is 0 Å². The summed E-state index contributed by atoms with van der Waals surface area (Å²) in [5.74, 6) is 1.42. The van der Waals surface area contributed by atoms with Crippen molar-refractivity contribution in [3.63, 3.8) is 0 Å². The van der Waals surface area contributed by atoms with E-state index in [-0.39, 0.29) is 6.10 Å². The number of aromatic amines is 1. The van der Waals surface area contributed by atoms with Crippen LogP contribution in [0.5, 0.6) is 5.75 Å². The molecule has 0 bridgehead atoms. The van der Waals surface area contributed by atoms with E-state index in [0.29, 0.717) is 10.8 Å². The van der Waals surface area contributed by atoms with Gasteiger partial charge in [0.25, 0.3) is 0 Å². The van der Waals surface area contributed by atoms with Crippen LogP contribution in [-0.2, 0) is 7.05 Å². The highest BCUT2D eigenvalue weighted by molar-refractivity contribution is 6.31. The molecule has 0 saturated carbocycles. The summed E-state index contributed by atoms with van der Waals surface area (Å²) in [6, 6.07) is 11.3. The van der Waals surface area contributed by atoms with Crippen molar-refractivity contribution in [1.82, 2.24) is 24.7 Å². The number of nitrogens with zero attached hydrogens (tertiary/aromatic N) is 4. The van der Waals surface area contributed by atoms with Crippen molar-refractivity contribution >= 4 is 22.8 Å². The fraction of sp³-hybridized carbons (Fsp3) is 0.211. The molecule has 0 atom stereocenters. The molecule has 132 valence electrons. The lowest BCUT2D eigenvalue weighted by Crippen LogP contribution is -2.06. The van der Waals surface area contributed by atoms with E-state index in [0.717, 1.165) is 33.9 Å². The fourth-order valence-electron chi connectivity index (χ4n) is 2.86. The Balaban J connectivity index is 1.88. The first-order valence-electron chi connectivity index (χ1n) is 8.33. The molecule has 4 aromatic rings. The number of H-pyrrole nitrogens is 1. The number of halogens is 1. The zero-order chi connectivity index (χ0) is 18.3. The van der Waals surface area contributed by atoms with Crippen molar-refractivity contribution in [2.75, 3.05) is 0 Å². The molecular formula is C19H18ClN5O. The smallest absolute Gasteiger partial charge is 0.177 e. The van der Waals surface area contributed by atoms with Crippen molar-refractivity contribution in [2.45, 2.75) is 20.0 Å². The first kappa shape index (κ1) is 16.6. The average molecular weight is 368 g/mol. The van der Waals surface area contributed by atoms with E-state index in [1.807, 2.05) is 57.3 Å². The zero-order valence-corrected chi connectivity index (χ0v) is 15.4. The van der Waals surface area contributed by atoms with Gasteiger partial charge < -0.3 is 9.72 Å². The molecular weight excluding hydrogens is 350 g/mol. The van der Waals surface area contributed by atoms with Crippen LogP contribution >= 0.6 is 11.6 Å². The molecule has 0 unspecified atom stereocenters. The number of aryl methyl sites for hydroxylation is 1.